The predicted molar refractivity (Wildman–Crippen MR) is 123 cm³/mol. The summed E-state index contributed by atoms with van der Waals surface area (Å²) in [5, 5.41) is 24.0. The van der Waals surface area contributed by atoms with Crippen LogP contribution in [-0.2, 0) is 5.60 Å². The van der Waals surface area contributed by atoms with Gasteiger partial charge in [-0.25, -0.2) is 0 Å². The van der Waals surface area contributed by atoms with Crippen molar-refractivity contribution in [2.75, 3.05) is 6.61 Å². The first-order valence-electron chi connectivity index (χ1n) is 11.2. The summed E-state index contributed by atoms with van der Waals surface area (Å²) >= 11 is 0. The van der Waals surface area contributed by atoms with Gasteiger partial charge in [0.15, 0.2) is 0 Å². The molecule has 2 nitrogen and oxygen atoms in total. The minimum absolute atomic E-state index is 0.0785. The van der Waals surface area contributed by atoms with Crippen LogP contribution in [0.15, 0.2) is 103 Å². The van der Waals surface area contributed by atoms with Crippen LogP contribution in [0.3, 0.4) is 0 Å². The highest BCUT2D eigenvalue weighted by Crippen LogP contribution is 2.67. The van der Waals surface area contributed by atoms with Crippen molar-refractivity contribution in [3.8, 4) is 0 Å². The van der Waals surface area contributed by atoms with Gasteiger partial charge in [-0.05, 0) is 58.1 Å². The molecule has 3 aromatic carbocycles. The second kappa shape index (κ2) is 6.78. The first-order valence-corrected chi connectivity index (χ1v) is 11.2. The minimum Gasteiger partial charge on any atom is -0.395 e. The van der Waals surface area contributed by atoms with E-state index in [9.17, 15) is 10.2 Å². The van der Waals surface area contributed by atoms with Crippen molar-refractivity contribution in [2.45, 2.75) is 18.4 Å². The van der Waals surface area contributed by atoms with Crippen LogP contribution >= 0.6 is 0 Å². The van der Waals surface area contributed by atoms with Gasteiger partial charge in [0.05, 0.1) is 12.0 Å². The third kappa shape index (κ3) is 2.29. The third-order valence-corrected chi connectivity index (χ3v) is 7.85. The molecular formula is C29H26O2. The maximum atomic E-state index is 12.8. The summed E-state index contributed by atoms with van der Waals surface area (Å²) in [6.07, 6.45) is 6.59. The Morgan fingerprint density at radius 2 is 1.45 bits per heavy atom. The lowest BCUT2D eigenvalue weighted by Crippen LogP contribution is -2.60. The molecule has 31 heavy (non-hydrogen) atoms. The first-order chi connectivity index (χ1) is 15.2. The Bertz CT molecular complexity index is 1190. The lowest BCUT2D eigenvalue weighted by Gasteiger charge is -2.61. The van der Waals surface area contributed by atoms with Gasteiger partial charge in [0.2, 0.25) is 0 Å². The third-order valence-electron chi connectivity index (χ3n) is 7.85. The molecule has 1 fully saturated rings. The van der Waals surface area contributed by atoms with Crippen molar-refractivity contribution in [1.82, 2.24) is 0 Å². The Hall–Kier alpha value is -2.94. The zero-order valence-corrected chi connectivity index (χ0v) is 17.4. The number of benzene rings is 3. The number of allylic oxidation sites excluding steroid dienone is 2. The molecule has 1 saturated carbocycles. The molecule has 0 aromatic heterocycles. The van der Waals surface area contributed by atoms with Gasteiger partial charge in [0.25, 0.3) is 0 Å². The maximum Gasteiger partial charge on any atom is 0.127 e. The smallest absolute Gasteiger partial charge is 0.127 e. The van der Waals surface area contributed by atoms with E-state index in [1.165, 1.54) is 11.1 Å². The normalized spacial score (nSPS) is 30.8. The molecule has 4 aliphatic rings. The van der Waals surface area contributed by atoms with E-state index < -0.39 is 11.0 Å². The molecule has 0 radical (unpaired) electrons. The van der Waals surface area contributed by atoms with Gasteiger partial charge in [-0.3, -0.25) is 0 Å². The van der Waals surface area contributed by atoms with E-state index in [0.29, 0.717) is 0 Å². The molecule has 0 aliphatic heterocycles. The highest BCUT2D eigenvalue weighted by atomic mass is 16.3. The van der Waals surface area contributed by atoms with Crippen molar-refractivity contribution in [3.63, 3.8) is 0 Å². The van der Waals surface area contributed by atoms with E-state index in [4.69, 9.17) is 0 Å². The quantitative estimate of drug-likeness (QED) is 0.579. The average Bonchev–Trinajstić information content (AvgIpc) is 2.86. The molecule has 4 atom stereocenters. The molecule has 7 rings (SSSR count). The fourth-order valence-corrected chi connectivity index (χ4v) is 6.60. The highest BCUT2D eigenvalue weighted by molar-refractivity contribution is 5.88. The lowest BCUT2D eigenvalue weighted by molar-refractivity contribution is -0.106. The molecule has 2 unspecified atom stereocenters. The average molecular weight is 407 g/mol. The second-order valence-corrected chi connectivity index (χ2v) is 9.08. The van der Waals surface area contributed by atoms with Gasteiger partial charge in [0, 0.05) is 0 Å². The van der Waals surface area contributed by atoms with E-state index in [0.717, 1.165) is 35.1 Å². The van der Waals surface area contributed by atoms with Crippen molar-refractivity contribution < 1.29 is 10.2 Å². The summed E-state index contributed by atoms with van der Waals surface area (Å²) in [5.74, 6) is 0.297. The lowest BCUT2D eigenvalue weighted by atomic mass is 9.44. The molecule has 0 spiro atoms. The van der Waals surface area contributed by atoms with Gasteiger partial charge >= 0.3 is 0 Å². The molecule has 4 aliphatic carbocycles. The van der Waals surface area contributed by atoms with E-state index in [1.807, 2.05) is 48.5 Å². The molecule has 3 aromatic rings. The Kier molecular flexibility index (Phi) is 4.11. The summed E-state index contributed by atoms with van der Waals surface area (Å²) in [4.78, 5) is 0. The van der Waals surface area contributed by atoms with Crippen LogP contribution in [0.4, 0.5) is 0 Å². The Balaban J connectivity index is 1.79. The van der Waals surface area contributed by atoms with Crippen LogP contribution in [0, 0.1) is 17.3 Å². The van der Waals surface area contributed by atoms with E-state index >= 15 is 0 Å². The van der Waals surface area contributed by atoms with Gasteiger partial charge < -0.3 is 10.2 Å². The summed E-state index contributed by atoms with van der Waals surface area (Å²) < 4.78 is 0. The van der Waals surface area contributed by atoms with Crippen LogP contribution < -0.4 is 0 Å². The van der Waals surface area contributed by atoms with E-state index in [2.05, 4.69) is 48.6 Å². The number of hydrogen-bond acceptors (Lipinski definition) is 2. The molecule has 2 N–H and O–H groups in total. The predicted octanol–water partition coefficient (Wildman–Crippen LogP) is 5.31. The number of aliphatic hydroxyl groups is 2. The van der Waals surface area contributed by atoms with Crippen molar-refractivity contribution in [3.05, 3.63) is 125 Å². The summed E-state index contributed by atoms with van der Waals surface area (Å²) in [6, 6.07) is 28.7. The van der Waals surface area contributed by atoms with Crippen LogP contribution in [0.5, 0.6) is 0 Å². The van der Waals surface area contributed by atoms with Crippen LogP contribution in [0.1, 0.15) is 35.1 Å². The van der Waals surface area contributed by atoms with Crippen molar-refractivity contribution in [1.29, 1.82) is 0 Å². The molecule has 0 saturated heterocycles. The van der Waals surface area contributed by atoms with Crippen molar-refractivity contribution in [2.24, 2.45) is 17.3 Å². The topological polar surface area (TPSA) is 40.5 Å². The number of rotatable bonds is 3. The monoisotopic (exact) mass is 406 g/mol. The molecular weight excluding hydrogens is 380 g/mol. The molecule has 0 amide bonds. The number of fused-ring (bicyclic) bond motifs is 2. The summed E-state index contributed by atoms with van der Waals surface area (Å²) in [7, 11) is 0. The highest BCUT2D eigenvalue weighted by Gasteiger charge is 2.64. The Labute approximate surface area is 183 Å². The summed E-state index contributed by atoms with van der Waals surface area (Å²) in [6.45, 7) is -0.0934. The second-order valence-electron chi connectivity index (χ2n) is 9.08. The first kappa shape index (κ1) is 18.8. The zero-order chi connectivity index (χ0) is 21.1. The standard InChI is InChI=1S/C29H26O2/c30-19-28-22-17-15-21(16-18-22)27(28)26(20-9-3-1-4-10-20)24-13-7-8-14-25(24)29(28,31)23-11-5-2-6-12-23/h1-15,17,21-22,30-31H,16,18-19H2/t21?,22?,28-,29-/m1/s1. The maximum absolute atomic E-state index is 12.8. The Morgan fingerprint density at radius 1 is 0.774 bits per heavy atom. The largest absolute Gasteiger partial charge is 0.395 e. The van der Waals surface area contributed by atoms with E-state index in [1.54, 1.807) is 0 Å². The molecule has 2 bridgehead atoms. The minimum atomic E-state index is -1.30. The van der Waals surface area contributed by atoms with Crippen LogP contribution in [0.2, 0.25) is 0 Å². The van der Waals surface area contributed by atoms with Crippen LogP contribution in [-0.4, -0.2) is 16.8 Å². The molecule has 0 heterocycles. The van der Waals surface area contributed by atoms with Crippen molar-refractivity contribution >= 4 is 5.57 Å². The molecule has 2 heteroatoms. The van der Waals surface area contributed by atoms with Gasteiger partial charge in [-0.1, -0.05) is 97.1 Å². The van der Waals surface area contributed by atoms with Crippen LogP contribution in [0.25, 0.3) is 5.57 Å². The number of hydrogen-bond donors (Lipinski definition) is 2. The van der Waals surface area contributed by atoms with Gasteiger partial charge in [0.1, 0.15) is 5.60 Å². The number of aliphatic hydroxyl groups excluding tert-OH is 1. The van der Waals surface area contributed by atoms with Gasteiger partial charge in [-0.15, -0.1) is 0 Å². The SMILES string of the molecule is OC[C@@]12C(=C(c3ccccc3)c3ccccc3[C@]1(O)c1ccccc1)C1C=CC2CC1. The fraction of sp³-hybridized carbons (Fsp3) is 0.241. The zero-order valence-electron chi connectivity index (χ0n) is 17.4. The van der Waals surface area contributed by atoms with E-state index in [-0.39, 0.29) is 18.4 Å². The summed E-state index contributed by atoms with van der Waals surface area (Å²) in [5.41, 5.74) is 4.25. The molecule has 154 valence electrons. The fourth-order valence-electron chi connectivity index (χ4n) is 6.60. The Morgan fingerprint density at radius 3 is 2.13 bits per heavy atom. The van der Waals surface area contributed by atoms with Gasteiger partial charge in [-0.2, -0.15) is 0 Å².